The third-order valence-corrected chi connectivity index (χ3v) is 5.49. The minimum absolute atomic E-state index is 0.160. The smallest absolute Gasteiger partial charge is 0.225 e. The lowest BCUT2D eigenvalue weighted by molar-refractivity contribution is -0.134. The molecular weight excluding hydrogens is 350 g/mol. The molecule has 1 saturated carbocycles. The van der Waals surface area contributed by atoms with Crippen molar-refractivity contribution in [2.45, 2.75) is 44.6 Å². The largest absolute Gasteiger partial charge is 0.356 e. The highest BCUT2D eigenvalue weighted by Crippen LogP contribution is 2.27. The summed E-state index contributed by atoms with van der Waals surface area (Å²) in [6.45, 7) is 1.91. The summed E-state index contributed by atoms with van der Waals surface area (Å²) in [5, 5.41) is 6.47. The second-order valence-corrected chi connectivity index (χ2v) is 7.36. The number of guanidine groups is 1. The lowest BCUT2D eigenvalue weighted by Crippen LogP contribution is -2.45. The van der Waals surface area contributed by atoms with Gasteiger partial charge in [-0.25, -0.2) is 8.78 Å². The quantitative estimate of drug-likeness (QED) is 0.611. The molecular formula is C20H28F2N4O. The normalized spacial score (nSPS) is 20.9. The molecule has 1 aliphatic heterocycles. The van der Waals surface area contributed by atoms with Gasteiger partial charge in [0.2, 0.25) is 5.91 Å². The van der Waals surface area contributed by atoms with Gasteiger partial charge in [-0.05, 0) is 37.3 Å². The lowest BCUT2D eigenvalue weighted by Gasteiger charge is -2.21. The molecule has 1 heterocycles. The summed E-state index contributed by atoms with van der Waals surface area (Å²) in [5.74, 6) is -0.497. The number of hydrogen-bond donors (Lipinski definition) is 2. The number of benzene rings is 1. The first kappa shape index (κ1) is 19.6. The Kier molecular flexibility index (Phi) is 6.63. The van der Waals surface area contributed by atoms with Crippen molar-refractivity contribution in [2.75, 3.05) is 26.7 Å². The molecule has 1 aromatic carbocycles. The van der Waals surface area contributed by atoms with Gasteiger partial charge in [0, 0.05) is 38.6 Å². The number of hydrogen-bond acceptors (Lipinski definition) is 2. The van der Waals surface area contributed by atoms with E-state index in [2.05, 4.69) is 15.6 Å². The summed E-state index contributed by atoms with van der Waals surface area (Å²) >= 11 is 0. The Bertz CT molecular complexity index is 689. The molecule has 0 radical (unpaired) electrons. The van der Waals surface area contributed by atoms with Crippen LogP contribution >= 0.6 is 0 Å². The molecule has 148 valence electrons. The van der Waals surface area contributed by atoms with E-state index in [1.807, 2.05) is 4.90 Å². The Morgan fingerprint density at radius 3 is 2.78 bits per heavy atom. The number of rotatable bonds is 5. The van der Waals surface area contributed by atoms with Crippen molar-refractivity contribution >= 4 is 11.9 Å². The molecule has 5 nitrogen and oxygen atoms in total. The van der Waals surface area contributed by atoms with Gasteiger partial charge in [-0.2, -0.15) is 0 Å². The highest BCUT2D eigenvalue weighted by atomic mass is 19.2. The molecule has 2 N–H and O–H groups in total. The number of carbonyl (C=O) groups is 1. The van der Waals surface area contributed by atoms with Crippen molar-refractivity contribution in [1.29, 1.82) is 0 Å². The summed E-state index contributed by atoms with van der Waals surface area (Å²) in [5.41, 5.74) is 0.340. The summed E-state index contributed by atoms with van der Waals surface area (Å²) in [4.78, 5) is 18.7. The van der Waals surface area contributed by atoms with E-state index < -0.39 is 11.6 Å². The van der Waals surface area contributed by atoms with Crippen molar-refractivity contribution in [3.63, 3.8) is 0 Å². The van der Waals surface area contributed by atoms with Crippen molar-refractivity contribution in [3.8, 4) is 0 Å². The Hall–Kier alpha value is -2.18. The van der Waals surface area contributed by atoms with E-state index in [9.17, 15) is 13.6 Å². The Morgan fingerprint density at radius 1 is 1.26 bits per heavy atom. The number of amides is 1. The molecule has 27 heavy (non-hydrogen) atoms. The van der Waals surface area contributed by atoms with Crippen molar-refractivity contribution in [2.24, 2.45) is 10.9 Å². The number of nitrogens with zero attached hydrogens (tertiary/aromatic N) is 2. The zero-order valence-corrected chi connectivity index (χ0v) is 15.8. The van der Waals surface area contributed by atoms with Crippen LogP contribution in [0.4, 0.5) is 8.78 Å². The summed E-state index contributed by atoms with van der Waals surface area (Å²) in [6.07, 6.45) is 5.61. The standard InChI is InChI=1S/C20H28F2N4O/c1-23-20(24-11-9-14-7-4-8-17(21)18(14)22)25-16-10-12-26(13-16)19(27)15-5-2-3-6-15/h4,7-8,15-16H,2-3,5-6,9-13H2,1H3,(H2,23,24,25). The van der Waals surface area contributed by atoms with Crippen LogP contribution in [0.3, 0.4) is 0 Å². The zero-order valence-electron chi connectivity index (χ0n) is 15.8. The first-order valence-electron chi connectivity index (χ1n) is 9.77. The van der Waals surface area contributed by atoms with E-state index >= 15 is 0 Å². The number of halogens is 2. The number of aliphatic imine (C=N–C) groups is 1. The molecule has 1 atom stereocenters. The molecule has 2 aliphatic rings. The van der Waals surface area contributed by atoms with Crippen LogP contribution in [-0.4, -0.2) is 49.5 Å². The third kappa shape index (κ3) is 4.96. The van der Waals surface area contributed by atoms with Gasteiger partial charge in [0.1, 0.15) is 0 Å². The summed E-state index contributed by atoms with van der Waals surface area (Å²) < 4.78 is 26.9. The second-order valence-electron chi connectivity index (χ2n) is 7.36. The monoisotopic (exact) mass is 378 g/mol. The van der Waals surface area contributed by atoms with E-state index in [0.29, 0.717) is 36.9 Å². The van der Waals surface area contributed by atoms with Gasteiger partial charge >= 0.3 is 0 Å². The van der Waals surface area contributed by atoms with Gasteiger partial charge < -0.3 is 15.5 Å². The first-order valence-corrected chi connectivity index (χ1v) is 9.77. The van der Waals surface area contributed by atoms with Crippen LogP contribution in [0.15, 0.2) is 23.2 Å². The van der Waals surface area contributed by atoms with Crippen LogP contribution in [0.5, 0.6) is 0 Å². The first-order chi connectivity index (χ1) is 13.1. The molecule has 1 amide bonds. The van der Waals surface area contributed by atoms with E-state index in [0.717, 1.165) is 44.7 Å². The third-order valence-electron chi connectivity index (χ3n) is 5.49. The van der Waals surface area contributed by atoms with Crippen LogP contribution in [0.2, 0.25) is 0 Å². The Balaban J connectivity index is 1.44. The van der Waals surface area contributed by atoms with E-state index in [4.69, 9.17) is 0 Å². The summed E-state index contributed by atoms with van der Waals surface area (Å²) in [7, 11) is 1.68. The molecule has 1 unspecified atom stereocenters. The molecule has 0 spiro atoms. The van der Waals surface area contributed by atoms with Crippen LogP contribution in [0.1, 0.15) is 37.7 Å². The predicted octanol–water partition coefficient (Wildman–Crippen LogP) is 2.46. The van der Waals surface area contributed by atoms with Crippen LogP contribution < -0.4 is 10.6 Å². The van der Waals surface area contributed by atoms with Gasteiger partial charge in [0.25, 0.3) is 0 Å². The average molecular weight is 378 g/mol. The maximum atomic E-state index is 13.7. The van der Waals surface area contributed by atoms with E-state index in [1.54, 1.807) is 13.1 Å². The highest BCUT2D eigenvalue weighted by Gasteiger charge is 2.32. The molecule has 1 aromatic rings. The SMILES string of the molecule is CN=C(NCCc1cccc(F)c1F)NC1CCN(C(=O)C2CCCC2)C1. The van der Waals surface area contributed by atoms with Gasteiger partial charge in [-0.3, -0.25) is 9.79 Å². The Labute approximate surface area is 159 Å². The fraction of sp³-hybridized carbons (Fsp3) is 0.600. The van der Waals surface area contributed by atoms with Crippen molar-refractivity contribution in [1.82, 2.24) is 15.5 Å². The molecule has 0 aromatic heterocycles. The maximum Gasteiger partial charge on any atom is 0.225 e. The van der Waals surface area contributed by atoms with Gasteiger partial charge in [0.15, 0.2) is 17.6 Å². The van der Waals surface area contributed by atoms with Crippen LogP contribution in [-0.2, 0) is 11.2 Å². The van der Waals surface area contributed by atoms with Crippen LogP contribution in [0, 0.1) is 17.6 Å². The molecule has 7 heteroatoms. The van der Waals surface area contributed by atoms with E-state index in [1.165, 1.54) is 6.07 Å². The number of likely N-dealkylation sites (tertiary alicyclic amines) is 1. The van der Waals surface area contributed by atoms with Gasteiger partial charge in [-0.1, -0.05) is 25.0 Å². The van der Waals surface area contributed by atoms with Crippen molar-refractivity contribution in [3.05, 3.63) is 35.4 Å². The zero-order chi connectivity index (χ0) is 19.2. The molecule has 2 fully saturated rings. The Morgan fingerprint density at radius 2 is 2.04 bits per heavy atom. The molecule has 1 aliphatic carbocycles. The summed E-state index contributed by atoms with van der Waals surface area (Å²) in [6, 6.07) is 4.37. The maximum absolute atomic E-state index is 13.7. The predicted molar refractivity (Wildman–Crippen MR) is 102 cm³/mol. The fourth-order valence-electron chi connectivity index (χ4n) is 3.95. The molecule has 1 saturated heterocycles. The molecule has 3 rings (SSSR count). The fourth-order valence-corrected chi connectivity index (χ4v) is 3.95. The number of carbonyl (C=O) groups excluding carboxylic acids is 1. The average Bonchev–Trinajstić information content (AvgIpc) is 3.36. The topological polar surface area (TPSA) is 56.7 Å². The highest BCUT2D eigenvalue weighted by molar-refractivity contribution is 5.81. The molecule has 0 bridgehead atoms. The number of nitrogens with one attached hydrogen (secondary N) is 2. The minimum atomic E-state index is -0.826. The van der Waals surface area contributed by atoms with E-state index in [-0.39, 0.29) is 12.0 Å². The second kappa shape index (κ2) is 9.15. The lowest BCUT2D eigenvalue weighted by atomic mass is 10.1. The minimum Gasteiger partial charge on any atom is -0.356 e. The van der Waals surface area contributed by atoms with Crippen molar-refractivity contribution < 1.29 is 13.6 Å². The van der Waals surface area contributed by atoms with Gasteiger partial charge in [-0.15, -0.1) is 0 Å². The van der Waals surface area contributed by atoms with Gasteiger partial charge in [0.05, 0.1) is 0 Å². The van der Waals surface area contributed by atoms with Crippen LogP contribution in [0.25, 0.3) is 0 Å².